The molecule has 4 heteroatoms. The molecule has 2 aromatic carbocycles. The fraction of sp³-hybridized carbons (Fsp3) is 0.250. The predicted octanol–water partition coefficient (Wildman–Crippen LogP) is 4.41. The first kappa shape index (κ1) is 14.7. The highest BCUT2D eigenvalue weighted by molar-refractivity contribution is 6.30. The molecule has 0 spiro atoms. The Kier molecular flexibility index (Phi) is 5.27. The smallest absolute Gasteiger partial charge is 0.133 e. The van der Waals surface area contributed by atoms with Crippen LogP contribution in [-0.2, 0) is 6.61 Å². The number of aliphatic hydroxyl groups is 1. The zero-order valence-corrected chi connectivity index (χ0v) is 12.1. The summed E-state index contributed by atoms with van der Waals surface area (Å²) in [6, 6.07) is 12.6. The van der Waals surface area contributed by atoms with Crippen molar-refractivity contribution in [2.75, 3.05) is 6.61 Å². The minimum absolute atomic E-state index is 0.117. The van der Waals surface area contributed by atoms with E-state index in [-0.39, 0.29) is 6.61 Å². The van der Waals surface area contributed by atoms with Crippen LogP contribution < -0.4 is 9.47 Å². The molecule has 2 aromatic rings. The van der Waals surface area contributed by atoms with E-state index in [9.17, 15) is 5.11 Å². The lowest BCUT2D eigenvalue weighted by Gasteiger charge is -2.11. The number of hydrogen-bond acceptors (Lipinski definition) is 3. The second-order valence-electron chi connectivity index (χ2n) is 4.33. The van der Waals surface area contributed by atoms with Gasteiger partial charge in [-0.3, -0.25) is 0 Å². The molecule has 0 bridgehead atoms. The topological polar surface area (TPSA) is 38.7 Å². The van der Waals surface area contributed by atoms with Crippen LogP contribution in [0.5, 0.6) is 17.2 Å². The van der Waals surface area contributed by atoms with Gasteiger partial charge in [0.2, 0.25) is 0 Å². The van der Waals surface area contributed by atoms with Crippen LogP contribution in [0.4, 0.5) is 0 Å². The predicted molar refractivity (Wildman–Crippen MR) is 79.7 cm³/mol. The maximum atomic E-state index is 9.30. The first-order chi connectivity index (χ1) is 9.72. The van der Waals surface area contributed by atoms with Gasteiger partial charge >= 0.3 is 0 Å². The zero-order valence-electron chi connectivity index (χ0n) is 11.3. The molecular weight excluding hydrogens is 276 g/mol. The van der Waals surface area contributed by atoms with Crippen LogP contribution in [0.2, 0.25) is 5.02 Å². The van der Waals surface area contributed by atoms with Crippen LogP contribution in [0.15, 0.2) is 42.5 Å². The molecule has 0 radical (unpaired) electrons. The van der Waals surface area contributed by atoms with Crippen molar-refractivity contribution in [1.82, 2.24) is 0 Å². The fourth-order valence-electron chi connectivity index (χ4n) is 1.72. The van der Waals surface area contributed by atoms with Crippen molar-refractivity contribution in [2.24, 2.45) is 0 Å². The van der Waals surface area contributed by atoms with Crippen molar-refractivity contribution >= 4 is 11.6 Å². The summed E-state index contributed by atoms with van der Waals surface area (Å²) in [6.07, 6.45) is 0.975. The maximum absolute atomic E-state index is 9.30. The molecule has 0 unspecified atom stereocenters. The molecular formula is C16H17ClO3. The average Bonchev–Trinajstić information content (AvgIpc) is 2.48. The summed E-state index contributed by atoms with van der Waals surface area (Å²) < 4.78 is 11.2. The monoisotopic (exact) mass is 292 g/mol. The van der Waals surface area contributed by atoms with Crippen molar-refractivity contribution < 1.29 is 14.6 Å². The van der Waals surface area contributed by atoms with Crippen LogP contribution in [0, 0.1) is 0 Å². The van der Waals surface area contributed by atoms with Crippen molar-refractivity contribution in [3.8, 4) is 17.2 Å². The summed E-state index contributed by atoms with van der Waals surface area (Å²) in [7, 11) is 0. The van der Waals surface area contributed by atoms with Crippen molar-refractivity contribution in [2.45, 2.75) is 20.0 Å². The third-order valence-corrected chi connectivity index (χ3v) is 2.95. The van der Waals surface area contributed by atoms with Crippen LogP contribution in [-0.4, -0.2) is 11.7 Å². The van der Waals surface area contributed by atoms with Gasteiger partial charge in [-0.15, -0.1) is 0 Å². The number of rotatable bonds is 6. The molecule has 0 aliphatic heterocycles. The molecule has 0 aliphatic carbocycles. The lowest BCUT2D eigenvalue weighted by molar-refractivity contribution is 0.276. The Balaban J connectivity index is 2.10. The summed E-state index contributed by atoms with van der Waals surface area (Å²) in [6.45, 7) is 2.65. The standard InChI is InChI=1S/C16H17ClO3/c1-2-9-19-14-4-6-15(7-5-14)20-16-8-3-13(17)10-12(16)11-18/h3-8,10,18H,2,9,11H2,1H3. The van der Waals surface area contributed by atoms with E-state index in [0.29, 0.717) is 28.7 Å². The van der Waals surface area contributed by atoms with E-state index in [2.05, 4.69) is 6.92 Å². The van der Waals surface area contributed by atoms with Crippen LogP contribution >= 0.6 is 11.6 Å². The summed E-state index contributed by atoms with van der Waals surface area (Å²) in [5.74, 6) is 2.10. The molecule has 0 saturated heterocycles. The van der Waals surface area contributed by atoms with Gasteiger partial charge in [0.15, 0.2) is 0 Å². The molecule has 1 N–H and O–H groups in total. The van der Waals surface area contributed by atoms with Gasteiger partial charge in [0.25, 0.3) is 0 Å². The lowest BCUT2D eigenvalue weighted by Crippen LogP contribution is -1.95. The first-order valence-corrected chi connectivity index (χ1v) is 6.90. The summed E-state index contributed by atoms with van der Waals surface area (Å²) in [5, 5.41) is 9.88. The van der Waals surface area contributed by atoms with E-state index in [4.69, 9.17) is 21.1 Å². The van der Waals surface area contributed by atoms with Gasteiger partial charge in [0.05, 0.1) is 13.2 Å². The molecule has 0 amide bonds. The third kappa shape index (κ3) is 3.89. The van der Waals surface area contributed by atoms with Gasteiger partial charge in [-0.25, -0.2) is 0 Å². The number of aliphatic hydroxyl groups excluding tert-OH is 1. The van der Waals surface area contributed by atoms with Crippen LogP contribution in [0.25, 0.3) is 0 Å². The van der Waals surface area contributed by atoms with Gasteiger partial charge < -0.3 is 14.6 Å². The quantitative estimate of drug-likeness (QED) is 0.857. The highest BCUT2D eigenvalue weighted by atomic mass is 35.5. The normalized spacial score (nSPS) is 10.3. The molecule has 0 atom stereocenters. The van der Waals surface area contributed by atoms with E-state index in [0.717, 1.165) is 12.2 Å². The van der Waals surface area contributed by atoms with E-state index < -0.39 is 0 Å². The second-order valence-corrected chi connectivity index (χ2v) is 4.77. The van der Waals surface area contributed by atoms with Gasteiger partial charge in [-0.1, -0.05) is 18.5 Å². The molecule has 3 nitrogen and oxygen atoms in total. The SMILES string of the molecule is CCCOc1ccc(Oc2ccc(Cl)cc2CO)cc1. The van der Waals surface area contributed by atoms with Crippen molar-refractivity contribution in [3.05, 3.63) is 53.1 Å². The van der Waals surface area contributed by atoms with Gasteiger partial charge in [-0.2, -0.15) is 0 Å². The zero-order chi connectivity index (χ0) is 14.4. The van der Waals surface area contributed by atoms with Crippen LogP contribution in [0.3, 0.4) is 0 Å². The largest absolute Gasteiger partial charge is 0.494 e. The molecule has 2 rings (SSSR count). The van der Waals surface area contributed by atoms with Crippen molar-refractivity contribution in [3.63, 3.8) is 0 Å². The lowest BCUT2D eigenvalue weighted by atomic mass is 10.2. The average molecular weight is 293 g/mol. The molecule has 106 valence electrons. The first-order valence-electron chi connectivity index (χ1n) is 6.53. The minimum atomic E-state index is -0.117. The molecule has 0 saturated carbocycles. The molecule has 0 aromatic heterocycles. The Morgan fingerprint density at radius 3 is 2.40 bits per heavy atom. The highest BCUT2D eigenvalue weighted by Crippen LogP contribution is 2.29. The highest BCUT2D eigenvalue weighted by Gasteiger charge is 2.05. The molecule has 0 aliphatic rings. The summed E-state index contributed by atoms with van der Waals surface area (Å²) >= 11 is 5.88. The summed E-state index contributed by atoms with van der Waals surface area (Å²) in [4.78, 5) is 0. The molecule has 0 heterocycles. The molecule has 0 fully saturated rings. The maximum Gasteiger partial charge on any atom is 0.133 e. The fourth-order valence-corrected chi connectivity index (χ4v) is 1.92. The molecule has 20 heavy (non-hydrogen) atoms. The van der Waals surface area contributed by atoms with E-state index in [1.54, 1.807) is 18.2 Å². The van der Waals surface area contributed by atoms with Gasteiger partial charge in [0.1, 0.15) is 17.2 Å². The Hall–Kier alpha value is -1.71. The van der Waals surface area contributed by atoms with E-state index >= 15 is 0 Å². The number of benzene rings is 2. The van der Waals surface area contributed by atoms with Crippen molar-refractivity contribution in [1.29, 1.82) is 0 Å². The number of halogens is 1. The third-order valence-electron chi connectivity index (χ3n) is 2.72. The Labute approximate surface area is 123 Å². The van der Waals surface area contributed by atoms with E-state index in [1.807, 2.05) is 24.3 Å². The second kappa shape index (κ2) is 7.17. The van der Waals surface area contributed by atoms with Gasteiger partial charge in [0, 0.05) is 10.6 Å². The van der Waals surface area contributed by atoms with Crippen LogP contribution in [0.1, 0.15) is 18.9 Å². The van der Waals surface area contributed by atoms with Gasteiger partial charge in [-0.05, 0) is 48.9 Å². The number of hydrogen-bond donors (Lipinski definition) is 1. The Bertz CT molecular complexity index is 552. The Morgan fingerprint density at radius 2 is 1.75 bits per heavy atom. The van der Waals surface area contributed by atoms with E-state index in [1.165, 1.54) is 0 Å². The summed E-state index contributed by atoms with van der Waals surface area (Å²) in [5.41, 5.74) is 0.656. The minimum Gasteiger partial charge on any atom is -0.494 e. The Morgan fingerprint density at radius 1 is 1.05 bits per heavy atom. The number of ether oxygens (including phenoxy) is 2.